The molecule has 6 nitrogen and oxygen atoms in total. The highest BCUT2D eigenvalue weighted by Gasteiger charge is 1.99. The second-order valence-electron chi connectivity index (χ2n) is 3.15. The number of carbonyl (C=O) groups is 1. The molecule has 0 aliphatic carbocycles. The van der Waals surface area contributed by atoms with E-state index >= 15 is 0 Å². The SMILES string of the molecule is N#Cc1ccnc(NCCCCC(=O)O)n1. The van der Waals surface area contributed by atoms with E-state index in [-0.39, 0.29) is 6.42 Å². The van der Waals surface area contributed by atoms with Crippen LogP contribution in [-0.4, -0.2) is 27.6 Å². The Kier molecular flexibility index (Phi) is 4.73. The van der Waals surface area contributed by atoms with E-state index in [1.807, 2.05) is 6.07 Å². The van der Waals surface area contributed by atoms with E-state index in [0.717, 1.165) is 6.42 Å². The van der Waals surface area contributed by atoms with Gasteiger partial charge in [0.1, 0.15) is 11.8 Å². The summed E-state index contributed by atoms with van der Waals surface area (Å²) in [5.41, 5.74) is 0.308. The van der Waals surface area contributed by atoms with Crippen LogP contribution in [0.4, 0.5) is 5.95 Å². The Labute approximate surface area is 93.0 Å². The molecule has 1 heterocycles. The molecule has 0 amide bonds. The van der Waals surface area contributed by atoms with Crippen molar-refractivity contribution >= 4 is 11.9 Å². The maximum absolute atomic E-state index is 10.2. The van der Waals surface area contributed by atoms with Crippen LogP contribution in [0.5, 0.6) is 0 Å². The van der Waals surface area contributed by atoms with Gasteiger partial charge in [-0.15, -0.1) is 0 Å². The largest absolute Gasteiger partial charge is 0.481 e. The zero-order chi connectivity index (χ0) is 11.8. The summed E-state index contributed by atoms with van der Waals surface area (Å²) in [6.45, 7) is 0.599. The first-order valence-corrected chi connectivity index (χ1v) is 4.91. The van der Waals surface area contributed by atoms with Crippen molar-refractivity contribution in [1.29, 1.82) is 5.26 Å². The first kappa shape index (κ1) is 11.9. The molecule has 0 bridgehead atoms. The molecule has 0 radical (unpaired) electrons. The van der Waals surface area contributed by atoms with E-state index in [0.29, 0.717) is 24.6 Å². The molecule has 16 heavy (non-hydrogen) atoms. The number of hydrogen-bond donors (Lipinski definition) is 2. The van der Waals surface area contributed by atoms with Crippen molar-refractivity contribution < 1.29 is 9.90 Å². The van der Waals surface area contributed by atoms with Gasteiger partial charge in [-0.1, -0.05) is 0 Å². The monoisotopic (exact) mass is 220 g/mol. The Bertz CT molecular complexity index is 400. The summed E-state index contributed by atoms with van der Waals surface area (Å²) in [4.78, 5) is 18.1. The zero-order valence-corrected chi connectivity index (χ0v) is 8.68. The summed E-state index contributed by atoms with van der Waals surface area (Å²) in [6, 6.07) is 3.44. The van der Waals surface area contributed by atoms with Gasteiger partial charge in [0.15, 0.2) is 0 Å². The molecule has 0 spiro atoms. The number of unbranched alkanes of at least 4 members (excludes halogenated alkanes) is 1. The molecule has 0 saturated heterocycles. The molecular weight excluding hydrogens is 208 g/mol. The number of nitriles is 1. The van der Waals surface area contributed by atoms with Crippen LogP contribution in [0.1, 0.15) is 25.0 Å². The fraction of sp³-hybridized carbons (Fsp3) is 0.400. The van der Waals surface area contributed by atoms with Gasteiger partial charge < -0.3 is 10.4 Å². The Balaban J connectivity index is 2.27. The van der Waals surface area contributed by atoms with Crippen molar-refractivity contribution in [2.24, 2.45) is 0 Å². The minimum absolute atomic E-state index is 0.167. The van der Waals surface area contributed by atoms with Gasteiger partial charge in [-0.3, -0.25) is 4.79 Å². The average molecular weight is 220 g/mol. The lowest BCUT2D eigenvalue weighted by molar-refractivity contribution is -0.137. The molecule has 1 aromatic rings. The van der Waals surface area contributed by atoms with Crippen LogP contribution < -0.4 is 5.32 Å². The molecule has 1 rings (SSSR count). The summed E-state index contributed by atoms with van der Waals surface area (Å²) >= 11 is 0. The minimum Gasteiger partial charge on any atom is -0.481 e. The molecule has 0 aromatic carbocycles. The smallest absolute Gasteiger partial charge is 0.303 e. The van der Waals surface area contributed by atoms with Gasteiger partial charge >= 0.3 is 5.97 Å². The van der Waals surface area contributed by atoms with Gasteiger partial charge in [0, 0.05) is 19.2 Å². The number of carboxylic acids is 1. The molecule has 2 N–H and O–H groups in total. The second kappa shape index (κ2) is 6.35. The minimum atomic E-state index is -0.789. The molecule has 1 aromatic heterocycles. The highest BCUT2D eigenvalue weighted by Crippen LogP contribution is 2.01. The highest BCUT2D eigenvalue weighted by atomic mass is 16.4. The number of nitrogens with zero attached hydrogens (tertiary/aromatic N) is 3. The molecular formula is C10H12N4O2. The molecule has 0 saturated carbocycles. The summed E-state index contributed by atoms with van der Waals surface area (Å²) in [7, 11) is 0. The van der Waals surface area contributed by atoms with E-state index in [1.54, 1.807) is 0 Å². The fourth-order valence-corrected chi connectivity index (χ4v) is 1.11. The van der Waals surface area contributed by atoms with Crippen LogP contribution in [-0.2, 0) is 4.79 Å². The lowest BCUT2D eigenvalue weighted by atomic mass is 10.2. The average Bonchev–Trinajstić information content (AvgIpc) is 2.28. The van der Waals surface area contributed by atoms with E-state index < -0.39 is 5.97 Å². The van der Waals surface area contributed by atoms with Crippen LogP contribution in [0.25, 0.3) is 0 Å². The normalized spacial score (nSPS) is 9.44. The number of aromatic nitrogens is 2. The van der Waals surface area contributed by atoms with Gasteiger partial charge in [-0.25, -0.2) is 9.97 Å². The lowest BCUT2D eigenvalue weighted by Crippen LogP contribution is -2.06. The van der Waals surface area contributed by atoms with Crippen molar-refractivity contribution in [2.75, 3.05) is 11.9 Å². The predicted molar refractivity (Wildman–Crippen MR) is 56.7 cm³/mol. The fourth-order valence-electron chi connectivity index (χ4n) is 1.11. The third-order valence-electron chi connectivity index (χ3n) is 1.87. The van der Waals surface area contributed by atoms with Crippen molar-refractivity contribution in [3.05, 3.63) is 18.0 Å². The Hall–Kier alpha value is -2.16. The van der Waals surface area contributed by atoms with Crippen molar-refractivity contribution in [1.82, 2.24) is 9.97 Å². The standard InChI is InChI=1S/C10H12N4O2/c11-7-8-4-6-13-10(14-8)12-5-2-1-3-9(15)16/h4,6H,1-3,5H2,(H,15,16)(H,12,13,14). The Morgan fingerprint density at radius 2 is 2.38 bits per heavy atom. The van der Waals surface area contributed by atoms with Crippen LogP contribution >= 0.6 is 0 Å². The quantitative estimate of drug-likeness (QED) is 0.694. The summed E-state index contributed by atoms with van der Waals surface area (Å²) in [5.74, 6) is -0.392. The Morgan fingerprint density at radius 1 is 1.56 bits per heavy atom. The van der Waals surface area contributed by atoms with Crippen molar-refractivity contribution in [2.45, 2.75) is 19.3 Å². The third kappa shape index (κ3) is 4.37. The van der Waals surface area contributed by atoms with Crippen LogP contribution in [0.3, 0.4) is 0 Å². The van der Waals surface area contributed by atoms with Crippen molar-refractivity contribution in [3.63, 3.8) is 0 Å². The van der Waals surface area contributed by atoms with E-state index in [2.05, 4.69) is 15.3 Å². The van der Waals surface area contributed by atoms with Crippen LogP contribution in [0.15, 0.2) is 12.3 Å². The van der Waals surface area contributed by atoms with Gasteiger partial charge in [0.05, 0.1) is 0 Å². The number of aliphatic carboxylic acids is 1. The first-order valence-electron chi connectivity index (χ1n) is 4.91. The number of hydrogen-bond acceptors (Lipinski definition) is 5. The van der Waals surface area contributed by atoms with Gasteiger partial charge in [0.2, 0.25) is 5.95 Å². The lowest BCUT2D eigenvalue weighted by Gasteiger charge is -2.03. The molecule has 0 atom stereocenters. The summed E-state index contributed by atoms with van der Waals surface area (Å²) < 4.78 is 0. The Morgan fingerprint density at radius 3 is 3.06 bits per heavy atom. The van der Waals surface area contributed by atoms with Gasteiger partial charge in [0.25, 0.3) is 0 Å². The van der Waals surface area contributed by atoms with E-state index in [4.69, 9.17) is 10.4 Å². The number of anilines is 1. The van der Waals surface area contributed by atoms with Crippen LogP contribution in [0, 0.1) is 11.3 Å². The van der Waals surface area contributed by atoms with Crippen molar-refractivity contribution in [3.8, 4) is 6.07 Å². The molecule has 84 valence electrons. The zero-order valence-electron chi connectivity index (χ0n) is 8.68. The molecule has 0 aliphatic rings. The van der Waals surface area contributed by atoms with Gasteiger partial charge in [-0.2, -0.15) is 5.26 Å². The maximum Gasteiger partial charge on any atom is 0.303 e. The molecule has 0 aliphatic heterocycles. The first-order chi connectivity index (χ1) is 7.72. The topological polar surface area (TPSA) is 98.9 Å². The highest BCUT2D eigenvalue weighted by molar-refractivity contribution is 5.66. The second-order valence-corrected chi connectivity index (χ2v) is 3.15. The van der Waals surface area contributed by atoms with E-state index in [9.17, 15) is 4.79 Å². The van der Waals surface area contributed by atoms with E-state index in [1.165, 1.54) is 12.3 Å². The number of nitrogens with one attached hydrogen (secondary N) is 1. The number of carboxylic acid groups (broad SMARTS) is 1. The molecule has 0 fully saturated rings. The van der Waals surface area contributed by atoms with Gasteiger partial charge in [-0.05, 0) is 18.9 Å². The summed E-state index contributed by atoms with van der Waals surface area (Å²) in [5, 5.41) is 19.9. The summed E-state index contributed by atoms with van der Waals surface area (Å²) in [6.07, 6.45) is 3.01. The predicted octanol–water partition coefficient (Wildman–Crippen LogP) is 1.02. The maximum atomic E-state index is 10.2. The molecule has 6 heteroatoms. The van der Waals surface area contributed by atoms with Crippen LogP contribution in [0.2, 0.25) is 0 Å². The number of rotatable bonds is 6. The third-order valence-corrected chi connectivity index (χ3v) is 1.87. The molecule has 0 unspecified atom stereocenters.